The van der Waals surface area contributed by atoms with Crippen molar-refractivity contribution in [2.45, 2.75) is 26.3 Å². The van der Waals surface area contributed by atoms with Crippen molar-refractivity contribution in [3.63, 3.8) is 0 Å². The molecule has 0 saturated heterocycles. The Kier molecular flexibility index (Phi) is 6.69. The lowest BCUT2D eigenvalue weighted by molar-refractivity contribution is -0.128. The van der Waals surface area contributed by atoms with Crippen LogP contribution in [0.1, 0.15) is 28.7 Å². The van der Waals surface area contributed by atoms with Gasteiger partial charge in [-0.25, -0.2) is 4.79 Å². The summed E-state index contributed by atoms with van der Waals surface area (Å²) in [6, 6.07) is 17.8. The van der Waals surface area contributed by atoms with Gasteiger partial charge in [0, 0.05) is 0 Å². The Morgan fingerprint density at radius 2 is 1.63 bits per heavy atom. The third-order valence-electron chi connectivity index (χ3n) is 4.41. The van der Waals surface area contributed by atoms with Crippen molar-refractivity contribution in [3.05, 3.63) is 77.6 Å². The van der Waals surface area contributed by atoms with Gasteiger partial charge in [-0.05, 0) is 38.0 Å². The van der Waals surface area contributed by atoms with Crippen LogP contribution in [0.2, 0.25) is 0 Å². The van der Waals surface area contributed by atoms with Gasteiger partial charge in [-0.1, -0.05) is 48.5 Å². The minimum atomic E-state index is -0.757. The van der Waals surface area contributed by atoms with E-state index in [-0.39, 0.29) is 11.5 Å². The van der Waals surface area contributed by atoms with Crippen LogP contribution in [0.5, 0.6) is 0 Å². The Bertz CT molecular complexity index is 1030. The average Bonchev–Trinajstić information content (AvgIpc) is 3.14. The molecule has 1 atom stereocenters. The molecule has 0 radical (unpaired) electrons. The number of nitrogens with one attached hydrogen (secondary N) is 1. The first kappa shape index (κ1) is 20.9. The quantitative estimate of drug-likeness (QED) is 0.575. The lowest BCUT2D eigenvalue weighted by atomic mass is 10.0. The van der Waals surface area contributed by atoms with Crippen LogP contribution in [0.25, 0.3) is 5.69 Å². The summed E-state index contributed by atoms with van der Waals surface area (Å²) in [5.74, 6) is -1.50. The lowest BCUT2D eigenvalue weighted by Crippen LogP contribution is -2.43. The fraction of sp³-hybridized carbons (Fsp3) is 0.227. The van der Waals surface area contributed by atoms with Gasteiger partial charge in [-0.15, -0.1) is 5.10 Å². The second-order valence-electron chi connectivity index (χ2n) is 6.76. The molecule has 1 N–H and O–H groups in total. The maximum Gasteiger partial charge on any atom is 0.361 e. The number of carbonyl (C=O) groups excluding carboxylic acids is 3. The van der Waals surface area contributed by atoms with E-state index in [0.717, 1.165) is 5.56 Å². The van der Waals surface area contributed by atoms with Crippen LogP contribution in [-0.2, 0) is 20.7 Å². The van der Waals surface area contributed by atoms with Crippen molar-refractivity contribution in [2.24, 2.45) is 0 Å². The largest absolute Gasteiger partial charge is 0.451 e. The summed E-state index contributed by atoms with van der Waals surface area (Å²) in [5, 5.41) is 11.0. The van der Waals surface area contributed by atoms with Crippen LogP contribution in [0.15, 0.2) is 60.7 Å². The molecule has 1 amide bonds. The van der Waals surface area contributed by atoms with Crippen molar-refractivity contribution in [3.8, 4) is 5.69 Å². The van der Waals surface area contributed by atoms with Crippen LogP contribution < -0.4 is 5.32 Å². The average molecular weight is 406 g/mol. The summed E-state index contributed by atoms with van der Waals surface area (Å²) in [7, 11) is 0. The highest BCUT2D eigenvalue weighted by Crippen LogP contribution is 2.09. The molecule has 2 aromatic carbocycles. The number of nitrogens with zero attached hydrogens (tertiary/aromatic N) is 3. The molecule has 154 valence electrons. The number of esters is 1. The van der Waals surface area contributed by atoms with Gasteiger partial charge in [-0.2, -0.15) is 9.90 Å². The van der Waals surface area contributed by atoms with E-state index >= 15 is 0 Å². The molecule has 8 heteroatoms. The van der Waals surface area contributed by atoms with Gasteiger partial charge in [0.25, 0.3) is 5.91 Å². The van der Waals surface area contributed by atoms with Crippen LogP contribution in [-0.4, -0.2) is 45.3 Å². The first-order valence-corrected chi connectivity index (χ1v) is 9.44. The van der Waals surface area contributed by atoms with Crippen LogP contribution in [0.3, 0.4) is 0 Å². The molecule has 8 nitrogen and oxygen atoms in total. The Labute approximate surface area is 173 Å². The predicted molar refractivity (Wildman–Crippen MR) is 109 cm³/mol. The molecule has 3 rings (SSSR count). The minimum Gasteiger partial charge on any atom is -0.451 e. The Morgan fingerprint density at radius 3 is 2.27 bits per heavy atom. The van der Waals surface area contributed by atoms with Crippen molar-refractivity contribution in [1.82, 2.24) is 20.3 Å². The zero-order valence-electron chi connectivity index (χ0n) is 16.7. The highest BCUT2D eigenvalue weighted by atomic mass is 16.5. The number of ether oxygens (including phenoxy) is 1. The fourth-order valence-electron chi connectivity index (χ4n) is 2.83. The van der Waals surface area contributed by atoms with E-state index in [1.165, 1.54) is 11.7 Å². The number of amides is 1. The Hall–Kier alpha value is -3.81. The van der Waals surface area contributed by atoms with Crippen LogP contribution in [0.4, 0.5) is 0 Å². The molecule has 1 heterocycles. The summed E-state index contributed by atoms with van der Waals surface area (Å²) >= 11 is 0. The maximum atomic E-state index is 12.3. The molecular formula is C22H22N4O4. The molecule has 0 bridgehead atoms. The molecule has 0 spiro atoms. The summed E-state index contributed by atoms with van der Waals surface area (Å²) < 4.78 is 5.07. The van der Waals surface area contributed by atoms with Crippen molar-refractivity contribution in [1.29, 1.82) is 0 Å². The van der Waals surface area contributed by atoms with E-state index in [1.807, 2.05) is 48.5 Å². The molecule has 1 aromatic heterocycles. The standard InChI is InChI=1S/C22H22N4O4/c1-15-21(25-26(24-15)18-11-7-4-8-12-18)22(29)30-14-20(28)23-19(16(2)27)13-17-9-5-3-6-10-17/h3-12,19H,13-14H2,1-2H3,(H,23,28)/t19-/m1/s1. The molecule has 0 aliphatic heterocycles. The zero-order valence-corrected chi connectivity index (χ0v) is 16.7. The number of Topliss-reactive ketones (excluding diaryl/α,β-unsaturated/α-hetero) is 1. The SMILES string of the molecule is CC(=O)[C@@H](Cc1ccccc1)NC(=O)COC(=O)c1nn(-c2ccccc2)nc1C. The topological polar surface area (TPSA) is 103 Å². The number of carbonyl (C=O) groups is 3. The highest BCUT2D eigenvalue weighted by Gasteiger charge is 2.21. The predicted octanol–water partition coefficient (Wildman–Crippen LogP) is 2.05. The second-order valence-corrected chi connectivity index (χ2v) is 6.76. The number of aryl methyl sites for hydroxylation is 1. The molecule has 0 saturated carbocycles. The summed E-state index contributed by atoms with van der Waals surface area (Å²) in [4.78, 5) is 37.8. The van der Waals surface area contributed by atoms with Gasteiger partial charge < -0.3 is 10.1 Å². The number of hydrogen-bond acceptors (Lipinski definition) is 6. The number of ketones is 1. The number of benzene rings is 2. The van der Waals surface area contributed by atoms with E-state index in [1.54, 1.807) is 19.1 Å². The smallest absolute Gasteiger partial charge is 0.361 e. The van der Waals surface area contributed by atoms with E-state index in [2.05, 4.69) is 15.5 Å². The van der Waals surface area contributed by atoms with Gasteiger partial charge >= 0.3 is 5.97 Å². The summed E-state index contributed by atoms with van der Waals surface area (Å²) in [6.45, 7) is 2.52. The van der Waals surface area contributed by atoms with Crippen LogP contribution in [0, 0.1) is 6.92 Å². The van der Waals surface area contributed by atoms with Gasteiger partial charge in [0.05, 0.1) is 17.4 Å². The Balaban J connectivity index is 1.58. The van der Waals surface area contributed by atoms with Gasteiger partial charge in [0.15, 0.2) is 18.1 Å². The third-order valence-corrected chi connectivity index (χ3v) is 4.41. The molecular weight excluding hydrogens is 384 g/mol. The fourth-order valence-corrected chi connectivity index (χ4v) is 2.83. The van der Waals surface area contributed by atoms with Crippen molar-refractivity contribution in [2.75, 3.05) is 6.61 Å². The van der Waals surface area contributed by atoms with E-state index in [0.29, 0.717) is 17.8 Å². The normalized spacial score (nSPS) is 11.5. The summed E-state index contributed by atoms with van der Waals surface area (Å²) in [6.07, 6.45) is 0.361. The maximum absolute atomic E-state index is 12.3. The number of aromatic nitrogens is 3. The number of para-hydroxylation sites is 1. The van der Waals surface area contributed by atoms with Crippen molar-refractivity contribution < 1.29 is 19.1 Å². The monoisotopic (exact) mass is 406 g/mol. The first-order chi connectivity index (χ1) is 14.4. The zero-order chi connectivity index (χ0) is 21.5. The van der Waals surface area contributed by atoms with Crippen molar-refractivity contribution >= 4 is 17.7 Å². The molecule has 3 aromatic rings. The number of hydrogen-bond donors (Lipinski definition) is 1. The number of rotatable bonds is 8. The summed E-state index contributed by atoms with van der Waals surface area (Å²) in [5.41, 5.74) is 2.03. The Morgan fingerprint density at radius 1 is 1.00 bits per heavy atom. The third kappa shape index (κ3) is 5.38. The van der Waals surface area contributed by atoms with Gasteiger partial charge in [0.1, 0.15) is 0 Å². The first-order valence-electron chi connectivity index (χ1n) is 9.44. The van der Waals surface area contributed by atoms with E-state index in [9.17, 15) is 14.4 Å². The molecule has 0 unspecified atom stereocenters. The lowest BCUT2D eigenvalue weighted by Gasteiger charge is -2.16. The van der Waals surface area contributed by atoms with E-state index < -0.39 is 24.5 Å². The second kappa shape index (κ2) is 9.60. The van der Waals surface area contributed by atoms with Gasteiger partial charge in [0.2, 0.25) is 0 Å². The van der Waals surface area contributed by atoms with E-state index in [4.69, 9.17) is 4.74 Å². The molecule has 0 fully saturated rings. The van der Waals surface area contributed by atoms with Crippen LogP contribution >= 0.6 is 0 Å². The highest BCUT2D eigenvalue weighted by molar-refractivity contribution is 5.92. The molecule has 30 heavy (non-hydrogen) atoms. The van der Waals surface area contributed by atoms with Gasteiger partial charge in [-0.3, -0.25) is 9.59 Å². The minimum absolute atomic E-state index is 0.0269. The molecule has 0 aliphatic rings. The molecule has 0 aliphatic carbocycles.